The number of halogens is 1. The maximum atomic E-state index is 11.7. The molecule has 1 aromatic carbocycles. The molecule has 1 aliphatic carbocycles. The fraction of sp³-hybridized carbons (Fsp3) is 0.417. The van der Waals surface area contributed by atoms with Crippen LogP contribution >= 0.6 is 15.9 Å². The molecule has 0 spiro atoms. The highest BCUT2D eigenvalue weighted by atomic mass is 79.9. The SMILES string of the molecule is COC(=O)c1ccc(C2CCN(CC3=Cc4c(Br)ccnc4[C@@H]3C)CC2)c(C)c1. The number of carbonyl (C=O) groups is 1. The van der Waals surface area contributed by atoms with Crippen molar-refractivity contribution in [3.8, 4) is 0 Å². The van der Waals surface area contributed by atoms with E-state index < -0.39 is 0 Å². The highest BCUT2D eigenvalue weighted by Crippen LogP contribution is 2.39. The van der Waals surface area contributed by atoms with Crippen molar-refractivity contribution in [1.29, 1.82) is 0 Å². The van der Waals surface area contributed by atoms with Gasteiger partial charge in [-0.25, -0.2) is 4.79 Å². The molecule has 0 unspecified atom stereocenters. The lowest BCUT2D eigenvalue weighted by molar-refractivity contribution is 0.0600. The van der Waals surface area contributed by atoms with E-state index >= 15 is 0 Å². The monoisotopic (exact) mass is 454 g/mol. The standard InChI is InChI=1S/C24H27BrN2O2/c1-15-12-18(24(28)29-3)4-5-20(15)17-7-10-27(11-8-17)14-19-13-21-22(25)6-9-26-23(21)16(19)2/h4-6,9,12-13,16-17H,7-8,10-11,14H2,1-3H3/t16-/m1/s1. The first-order chi connectivity index (χ1) is 14.0. The molecule has 1 saturated heterocycles. The van der Waals surface area contributed by atoms with Crippen molar-refractivity contribution in [1.82, 2.24) is 9.88 Å². The van der Waals surface area contributed by atoms with Crippen molar-refractivity contribution >= 4 is 28.0 Å². The number of nitrogens with zero attached hydrogens (tertiary/aromatic N) is 2. The fourth-order valence-corrected chi connectivity index (χ4v) is 5.10. The van der Waals surface area contributed by atoms with Crippen LogP contribution in [0.1, 0.15) is 64.3 Å². The van der Waals surface area contributed by atoms with Gasteiger partial charge in [0.2, 0.25) is 0 Å². The van der Waals surface area contributed by atoms with Gasteiger partial charge in [0.05, 0.1) is 18.4 Å². The summed E-state index contributed by atoms with van der Waals surface area (Å²) in [6.07, 6.45) is 6.50. The summed E-state index contributed by atoms with van der Waals surface area (Å²) in [6.45, 7) is 7.56. The van der Waals surface area contributed by atoms with E-state index in [1.807, 2.05) is 24.4 Å². The van der Waals surface area contributed by atoms with Crippen molar-refractivity contribution < 1.29 is 9.53 Å². The van der Waals surface area contributed by atoms with Crippen LogP contribution in [0.4, 0.5) is 0 Å². The van der Waals surface area contributed by atoms with E-state index in [4.69, 9.17) is 4.74 Å². The minimum atomic E-state index is -0.268. The number of benzene rings is 1. The molecule has 4 nitrogen and oxygen atoms in total. The molecule has 152 valence electrons. The molecule has 1 aliphatic heterocycles. The van der Waals surface area contributed by atoms with E-state index in [-0.39, 0.29) is 5.97 Å². The summed E-state index contributed by atoms with van der Waals surface area (Å²) < 4.78 is 5.97. The maximum Gasteiger partial charge on any atom is 0.337 e. The Morgan fingerprint density at radius 3 is 2.69 bits per heavy atom. The Kier molecular flexibility index (Phi) is 5.88. The number of carbonyl (C=O) groups excluding carboxylic acids is 1. The van der Waals surface area contributed by atoms with Crippen LogP contribution in [-0.4, -0.2) is 42.6 Å². The van der Waals surface area contributed by atoms with E-state index in [1.165, 1.54) is 35.1 Å². The van der Waals surface area contributed by atoms with Gasteiger partial charge < -0.3 is 4.74 Å². The summed E-state index contributed by atoms with van der Waals surface area (Å²) in [7, 11) is 1.43. The smallest absolute Gasteiger partial charge is 0.337 e. The predicted molar refractivity (Wildman–Crippen MR) is 119 cm³/mol. The van der Waals surface area contributed by atoms with E-state index in [2.05, 4.69) is 51.8 Å². The Balaban J connectivity index is 1.39. The first-order valence-corrected chi connectivity index (χ1v) is 11.0. The number of methoxy groups -OCH3 is 1. The summed E-state index contributed by atoms with van der Waals surface area (Å²) in [5.74, 6) is 0.671. The van der Waals surface area contributed by atoms with Crippen molar-refractivity contribution in [2.24, 2.45) is 0 Å². The Labute approximate surface area is 181 Å². The molecular formula is C24H27BrN2O2. The molecule has 0 saturated carbocycles. The van der Waals surface area contributed by atoms with Gasteiger partial charge in [0.15, 0.2) is 0 Å². The summed E-state index contributed by atoms with van der Waals surface area (Å²) in [5.41, 5.74) is 7.07. The van der Waals surface area contributed by atoms with Crippen LogP contribution in [0.25, 0.3) is 6.08 Å². The van der Waals surface area contributed by atoms with Crippen LogP contribution in [0.2, 0.25) is 0 Å². The first kappa shape index (κ1) is 20.3. The van der Waals surface area contributed by atoms with Crippen LogP contribution in [-0.2, 0) is 4.74 Å². The first-order valence-electron chi connectivity index (χ1n) is 10.2. The quantitative estimate of drug-likeness (QED) is 0.586. The number of likely N-dealkylation sites (tertiary alicyclic amines) is 1. The van der Waals surface area contributed by atoms with Crippen LogP contribution in [0.15, 0.2) is 40.5 Å². The number of aryl methyl sites for hydroxylation is 1. The molecule has 2 aromatic rings. The molecule has 2 aliphatic rings. The number of hydrogen-bond acceptors (Lipinski definition) is 4. The maximum absolute atomic E-state index is 11.7. The summed E-state index contributed by atoms with van der Waals surface area (Å²) in [4.78, 5) is 18.9. The summed E-state index contributed by atoms with van der Waals surface area (Å²) in [5, 5.41) is 0. The van der Waals surface area contributed by atoms with Crippen LogP contribution < -0.4 is 0 Å². The van der Waals surface area contributed by atoms with Crippen LogP contribution in [0.5, 0.6) is 0 Å². The van der Waals surface area contributed by atoms with Gasteiger partial charge in [-0.2, -0.15) is 0 Å². The topological polar surface area (TPSA) is 42.4 Å². The van der Waals surface area contributed by atoms with Gasteiger partial charge in [-0.1, -0.05) is 35.0 Å². The van der Waals surface area contributed by atoms with E-state index in [9.17, 15) is 4.79 Å². The number of hydrogen-bond donors (Lipinski definition) is 0. The molecule has 0 bridgehead atoms. The third kappa shape index (κ3) is 4.03. The molecule has 0 N–H and O–H groups in total. The second-order valence-corrected chi connectivity index (χ2v) is 9.00. The van der Waals surface area contributed by atoms with Gasteiger partial charge >= 0.3 is 5.97 Å². The average Bonchev–Trinajstić information content (AvgIpc) is 3.05. The number of fused-ring (bicyclic) bond motifs is 1. The molecule has 0 radical (unpaired) electrons. The third-order valence-corrected chi connectivity index (χ3v) is 7.08. The fourth-order valence-electron chi connectivity index (χ4n) is 4.66. The zero-order valence-electron chi connectivity index (χ0n) is 17.2. The molecule has 2 heterocycles. The molecule has 5 heteroatoms. The minimum absolute atomic E-state index is 0.268. The average molecular weight is 455 g/mol. The van der Waals surface area contributed by atoms with Gasteiger partial charge in [0, 0.05) is 28.7 Å². The van der Waals surface area contributed by atoms with E-state index in [0.717, 1.165) is 36.9 Å². The van der Waals surface area contributed by atoms with Gasteiger partial charge in [0.25, 0.3) is 0 Å². The second kappa shape index (κ2) is 8.41. The Bertz CT molecular complexity index is 961. The third-order valence-electron chi connectivity index (χ3n) is 6.39. The number of pyridine rings is 1. The number of piperidine rings is 1. The van der Waals surface area contributed by atoms with Gasteiger partial charge in [-0.3, -0.25) is 9.88 Å². The molecular weight excluding hydrogens is 428 g/mol. The Morgan fingerprint density at radius 2 is 2.03 bits per heavy atom. The second-order valence-electron chi connectivity index (χ2n) is 8.15. The molecule has 1 aromatic heterocycles. The molecule has 4 rings (SSSR count). The van der Waals surface area contributed by atoms with Gasteiger partial charge in [-0.05, 0) is 73.7 Å². The minimum Gasteiger partial charge on any atom is -0.465 e. The van der Waals surface area contributed by atoms with Crippen molar-refractivity contribution in [3.05, 3.63) is 68.5 Å². The lowest BCUT2D eigenvalue weighted by Crippen LogP contribution is -2.35. The number of aromatic nitrogens is 1. The van der Waals surface area contributed by atoms with Gasteiger partial charge in [-0.15, -0.1) is 0 Å². The molecule has 0 amide bonds. The zero-order valence-corrected chi connectivity index (χ0v) is 18.8. The lowest BCUT2D eigenvalue weighted by atomic mass is 9.86. The molecule has 1 fully saturated rings. The van der Waals surface area contributed by atoms with E-state index in [1.54, 1.807) is 0 Å². The zero-order chi connectivity index (χ0) is 20.5. The molecule has 29 heavy (non-hydrogen) atoms. The van der Waals surface area contributed by atoms with Crippen LogP contribution in [0, 0.1) is 6.92 Å². The summed E-state index contributed by atoms with van der Waals surface area (Å²) >= 11 is 3.66. The number of ether oxygens (including phenoxy) is 1. The highest BCUT2D eigenvalue weighted by Gasteiger charge is 2.28. The lowest BCUT2D eigenvalue weighted by Gasteiger charge is -2.33. The van der Waals surface area contributed by atoms with Crippen LogP contribution in [0.3, 0.4) is 0 Å². The normalized spacial score (nSPS) is 19.7. The van der Waals surface area contributed by atoms with Crippen molar-refractivity contribution in [2.45, 2.75) is 38.5 Å². The highest BCUT2D eigenvalue weighted by molar-refractivity contribution is 9.10. The Morgan fingerprint density at radius 1 is 1.28 bits per heavy atom. The molecule has 1 atom stereocenters. The summed E-state index contributed by atoms with van der Waals surface area (Å²) in [6, 6.07) is 7.99. The Hall–Kier alpha value is -1.98. The van der Waals surface area contributed by atoms with Crippen molar-refractivity contribution in [2.75, 3.05) is 26.7 Å². The largest absolute Gasteiger partial charge is 0.465 e. The van der Waals surface area contributed by atoms with E-state index in [0.29, 0.717) is 17.4 Å². The van der Waals surface area contributed by atoms with Crippen molar-refractivity contribution in [3.63, 3.8) is 0 Å². The van der Waals surface area contributed by atoms with Gasteiger partial charge in [0.1, 0.15) is 0 Å². The number of esters is 1. The number of rotatable bonds is 4. The predicted octanol–water partition coefficient (Wildman–Crippen LogP) is 5.32.